The second-order valence-electron chi connectivity index (χ2n) is 4.90. The molecule has 1 aliphatic heterocycles. The van der Waals surface area contributed by atoms with Crippen LogP contribution in [0.5, 0.6) is 0 Å². The molecule has 1 heterocycles. The van der Waals surface area contributed by atoms with Gasteiger partial charge in [-0.3, -0.25) is 0 Å². The summed E-state index contributed by atoms with van der Waals surface area (Å²) in [5.74, 6) is 0. The van der Waals surface area contributed by atoms with E-state index in [-0.39, 0.29) is 6.04 Å². The number of hydrogen-bond acceptors (Lipinski definition) is 3. The van der Waals surface area contributed by atoms with Crippen LogP contribution in [-0.2, 0) is 0 Å². The molecule has 3 N–H and O–H groups in total. The zero-order valence-corrected chi connectivity index (χ0v) is 11.1. The summed E-state index contributed by atoms with van der Waals surface area (Å²) in [6.07, 6.45) is 7.82. The van der Waals surface area contributed by atoms with Gasteiger partial charge in [0.2, 0.25) is 0 Å². The average molecular weight is 235 g/mol. The Hall–Kier alpha value is -0.475. The molecule has 2 radical (unpaired) electrons. The molecule has 1 aliphatic rings. The maximum atomic E-state index is 5.90. The van der Waals surface area contributed by atoms with Crippen molar-refractivity contribution in [1.29, 1.82) is 0 Å². The molecule has 0 saturated carbocycles. The van der Waals surface area contributed by atoms with Gasteiger partial charge in [-0.25, -0.2) is 0 Å². The molecule has 17 heavy (non-hydrogen) atoms. The summed E-state index contributed by atoms with van der Waals surface area (Å²) >= 11 is 0. The van der Waals surface area contributed by atoms with E-state index >= 15 is 0 Å². The Morgan fingerprint density at radius 2 is 2.18 bits per heavy atom. The third-order valence-electron chi connectivity index (χ3n) is 3.29. The second kappa shape index (κ2) is 8.59. The van der Waals surface area contributed by atoms with E-state index < -0.39 is 0 Å². The average Bonchev–Trinajstić information content (AvgIpc) is 2.81. The first-order chi connectivity index (χ1) is 8.24. The molecule has 3 nitrogen and oxygen atoms in total. The van der Waals surface area contributed by atoms with Gasteiger partial charge in [-0.2, -0.15) is 0 Å². The molecule has 0 amide bonds. The molecular formula is C13H26BN3. The van der Waals surface area contributed by atoms with E-state index in [0.29, 0.717) is 0 Å². The monoisotopic (exact) mass is 235 g/mol. The van der Waals surface area contributed by atoms with Crippen LogP contribution in [0.2, 0.25) is 0 Å². The van der Waals surface area contributed by atoms with E-state index in [1.807, 2.05) is 6.20 Å². The lowest BCUT2D eigenvalue weighted by atomic mass is 9.87. The number of rotatable bonds is 8. The summed E-state index contributed by atoms with van der Waals surface area (Å²) in [7, 11) is 5.87. The van der Waals surface area contributed by atoms with Crippen molar-refractivity contribution in [3.05, 3.63) is 11.7 Å². The lowest BCUT2D eigenvalue weighted by molar-refractivity contribution is 0.333. The predicted octanol–water partition coefficient (Wildman–Crippen LogP) is 1.20. The normalized spacial score (nSPS) is 19.5. The van der Waals surface area contributed by atoms with Gasteiger partial charge in [0.25, 0.3) is 0 Å². The molecular weight excluding hydrogens is 209 g/mol. The van der Waals surface area contributed by atoms with Gasteiger partial charge in [-0.15, -0.1) is 0 Å². The van der Waals surface area contributed by atoms with E-state index in [2.05, 4.69) is 17.1 Å². The molecule has 0 aliphatic carbocycles. The van der Waals surface area contributed by atoms with Crippen LogP contribution in [0.1, 0.15) is 39.0 Å². The molecule has 0 aromatic carbocycles. The van der Waals surface area contributed by atoms with Crippen molar-refractivity contribution in [2.75, 3.05) is 26.2 Å². The Morgan fingerprint density at radius 1 is 1.47 bits per heavy atom. The van der Waals surface area contributed by atoms with E-state index in [0.717, 1.165) is 24.9 Å². The van der Waals surface area contributed by atoms with Crippen LogP contribution in [0.3, 0.4) is 0 Å². The zero-order valence-electron chi connectivity index (χ0n) is 11.1. The summed E-state index contributed by atoms with van der Waals surface area (Å²) < 4.78 is 0. The van der Waals surface area contributed by atoms with Gasteiger partial charge in [-0.1, -0.05) is 18.8 Å². The molecule has 1 saturated heterocycles. The summed E-state index contributed by atoms with van der Waals surface area (Å²) in [5, 5.41) is 3.25. The van der Waals surface area contributed by atoms with Crippen LogP contribution in [-0.4, -0.2) is 45.0 Å². The van der Waals surface area contributed by atoms with Crippen LogP contribution >= 0.6 is 0 Å². The Balaban J connectivity index is 2.03. The highest BCUT2D eigenvalue weighted by molar-refractivity contribution is 6.22. The number of hydrogen-bond donors (Lipinski definition) is 2. The van der Waals surface area contributed by atoms with Crippen LogP contribution < -0.4 is 11.1 Å². The third-order valence-corrected chi connectivity index (χ3v) is 3.29. The van der Waals surface area contributed by atoms with Crippen molar-refractivity contribution < 1.29 is 0 Å². The van der Waals surface area contributed by atoms with E-state index in [9.17, 15) is 0 Å². The van der Waals surface area contributed by atoms with Crippen LogP contribution in [0, 0.1) is 0 Å². The highest BCUT2D eigenvalue weighted by atomic mass is 15.1. The minimum atomic E-state index is 0.00563. The van der Waals surface area contributed by atoms with Crippen LogP contribution in [0.25, 0.3) is 0 Å². The molecule has 1 unspecified atom stereocenters. The van der Waals surface area contributed by atoms with E-state index in [1.165, 1.54) is 38.9 Å². The first-order valence-electron chi connectivity index (χ1n) is 6.91. The van der Waals surface area contributed by atoms with Crippen molar-refractivity contribution in [1.82, 2.24) is 10.2 Å². The van der Waals surface area contributed by atoms with Gasteiger partial charge in [0.1, 0.15) is 7.85 Å². The molecule has 1 rings (SSSR count). The Labute approximate surface area is 107 Å². The maximum Gasteiger partial charge on any atom is 0.111 e. The largest absolute Gasteiger partial charge is 0.392 e. The van der Waals surface area contributed by atoms with Gasteiger partial charge in [0.15, 0.2) is 0 Å². The minimum Gasteiger partial charge on any atom is -0.392 e. The number of nitrogens with two attached hydrogens (primary N) is 1. The highest BCUT2D eigenvalue weighted by Gasteiger charge is 2.09. The molecule has 1 fully saturated rings. The molecule has 4 heteroatoms. The molecule has 0 spiro atoms. The fraction of sp³-hybridized carbons (Fsp3) is 0.846. The van der Waals surface area contributed by atoms with Gasteiger partial charge in [0, 0.05) is 12.6 Å². The standard InChI is InChI=1S/C13H26BN3/c1-2-6-13(15)12(14)11-16-7-5-10-17-8-3-4-9-17/h11,13,16H,2-10,15H2,1H3/b12-11+. The fourth-order valence-electron chi connectivity index (χ4n) is 2.19. The van der Waals surface area contributed by atoms with Gasteiger partial charge in [0.05, 0.1) is 0 Å². The third kappa shape index (κ3) is 6.13. The molecule has 1 atom stereocenters. The van der Waals surface area contributed by atoms with Crippen LogP contribution in [0.15, 0.2) is 11.7 Å². The minimum absolute atomic E-state index is 0.00563. The van der Waals surface area contributed by atoms with Gasteiger partial charge in [-0.05, 0) is 51.5 Å². The summed E-state index contributed by atoms with van der Waals surface area (Å²) in [6.45, 7) is 6.85. The Kier molecular flexibility index (Phi) is 7.37. The molecule has 0 aromatic rings. The van der Waals surface area contributed by atoms with Crippen molar-refractivity contribution in [3.8, 4) is 0 Å². The first kappa shape index (κ1) is 14.6. The predicted molar refractivity (Wildman–Crippen MR) is 75.0 cm³/mol. The van der Waals surface area contributed by atoms with Gasteiger partial charge >= 0.3 is 0 Å². The zero-order chi connectivity index (χ0) is 12.5. The Morgan fingerprint density at radius 3 is 2.82 bits per heavy atom. The number of nitrogens with zero attached hydrogens (tertiary/aromatic N) is 1. The van der Waals surface area contributed by atoms with E-state index in [1.54, 1.807) is 0 Å². The SMILES string of the molecule is [B]/C(=C/NCCCN1CCCC1)C(N)CCC. The van der Waals surface area contributed by atoms with Crippen molar-refractivity contribution in [2.24, 2.45) is 5.73 Å². The molecule has 0 aromatic heterocycles. The lowest BCUT2D eigenvalue weighted by Gasteiger charge is -2.15. The Bertz CT molecular complexity index is 225. The molecule has 0 bridgehead atoms. The fourth-order valence-corrected chi connectivity index (χ4v) is 2.19. The van der Waals surface area contributed by atoms with Gasteiger partial charge < -0.3 is 16.0 Å². The maximum absolute atomic E-state index is 5.90. The van der Waals surface area contributed by atoms with Crippen molar-refractivity contribution in [3.63, 3.8) is 0 Å². The van der Waals surface area contributed by atoms with Crippen molar-refractivity contribution >= 4 is 7.85 Å². The highest BCUT2D eigenvalue weighted by Crippen LogP contribution is 2.07. The lowest BCUT2D eigenvalue weighted by Crippen LogP contribution is -2.26. The molecule has 96 valence electrons. The summed E-state index contributed by atoms with van der Waals surface area (Å²) in [5.41, 5.74) is 6.67. The summed E-state index contributed by atoms with van der Waals surface area (Å²) in [6, 6.07) is 0.00563. The second-order valence-corrected chi connectivity index (χ2v) is 4.90. The van der Waals surface area contributed by atoms with Crippen molar-refractivity contribution in [2.45, 2.75) is 45.1 Å². The first-order valence-corrected chi connectivity index (χ1v) is 6.91. The quantitative estimate of drug-likeness (QED) is 0.490. The summed E-state index contributed by atoms with van der Waals surface area (Å²) in [4.78, 5) is 2.53. The van der Waals surface area contributed by atoms with E-state index in [4.69, 9.17) is 13.6 Å². The number of likely N-dealkylation sites (tertiary alicyclic amines) is 1. The topological polar surface area (TPSA) is 41.3 Å². The van der Waals surface area contributed by atoms with Crippen LogP contribution in [0.4, 0.5) is 0 Å². The number of nitrogens with one attached hydrogen (secondary N) is 1. The smallest absolute Gasteiger partial charge is 0.111 e.